The van der Waals surface area contributed by atoms with E-state index in [0.29, 0.717) is 23.3 Å². The Morgan fingerprint density at radius 3 is 2.32 bits per heavy atom. The summed E-state index contributed by atoms with van der Waals surface area (Å²) in [7, 11) is 0.364. The molecular weight excluding hydrogens is 272 g/mol. The van der Waals surface area contributed by atoms with E-state index in [1.54, 1.807) is 0 Å². The summed E-state index contributed by atoms with van der Waals surface area (Å²) in [5.41, 5.74) is 0. The maximum absolute atomic E-state index is 12.1. The lowest BCUT2D eigenvalue weighted by atomic mass is 9.94. The van der Waals surface area contributed by atoms with E-state index in [9.17, 15) is 25.2 Å². The summed E-state index contributed by atoms with van der Waals surface area (Å²) in [5, 5.41) is 45.8. The first-order valence-corrected chi connectivity index (χ1v) is 7.35. The zero-order valence-corrected chi connectivity index (χ0v) is 12.9. The van der Waals surface area contributed by atoms with Crippen molar-refractivity contribution in [2.24, 2.45) is 0 Å². The van der Waals surface area contributed by atoms with Gasteiger partial charge < -0.3 is 30.3 Å². The lowest BCUT2D eigenvalue weighted by Gasteiger charge is -2.36. The summed E-state index contributed by atoms with van der Waals surface area (Å²) in [4.78, 5) is 12.1. The van der Waals surface area contributed by atoms with Gasteiger partial charge >= 0.3 is 0 Å². The van der Waals surface area contributed by atoms with Gasteiger partial charge in [-0.2, -0.15) is 0 Å². The fourth-order valence-electron chi connectivity index (χ4n) is 2.12. The highest BCUT2D eigenvalue weighted by Gasteiger charge is 2.44. The molecule has 0 aromatic carbocycles. The minimum atomic E-state index is -1.86. The van der Waals surface area contributed by atoms with Crippen LogP contribution in [0, 0.1) is 0 Å². The van der Waals surface area contributed by atoms with Crippen LogP contribution in [0.4, 0.5) is 0 Å². The minimum Gasteiger partial charge on any atom is -0.394 e. The molecule has 0 aromatic rings. The Hall–Kier alpha value is -0.353. The average Bonchev–Trinajstić information content (AvgIpc) is 2.43. The fraction of sp³-hybridized carbons (Fsp3) is 0.909. The molecule has 1 unspecified atom stereocenters. The molecule has 0 aliphatic carbocycles. The van der Waals surface area contributed by atoms with Gasteiger partial charge in [0.05, 0.1) is 16.8 Å². The summed E-state index contributed by atoms with van der Waals surface area (Å²) in [5.74, 6) is -0.671. The van der Waals surface area contributed by atoms with E-state index >= 15 is 0 Å². The van der Waals surface area contributed by atoms with Crippen molar-refractivity contribution in [1.29, 1.82) is 0 Å². The molecule has 1 fully saturated rings. The van der Waals surface area contributed by atoms with Crippen molar-refractivity contribution in [3.8, 4) is 0 Å². The van der Waals surface area contributed by atoms with Gasteiger partial charge in [-0.1, -0.05) is 0 Å². The lowest BCUT2D eigenvalue weighted by Crippen LogP contribution is -2.56. The van der Waals surface area contributed by atoms with Gasteiger partial charge in [-0.15, -0.1) is 0 Å². The molecule has 0 radical (unpaired) electrons. The van der Waals surface area contributed by atoms with Crippen molar-refractivity contribution in [2.45, 2.75) is 48.9 Å². The van der Waals surface area contributed by atoms with E-state index in [-0.39, 0.29) is 0 Å². The Bertz CT molecular complexity index is 305. The largest absolute Gasteiger partial charge is 0.394 e. The molecule has 5 atom stereocenters. The third kappa shape index (κ3) is 3.82. The van der Waals surface area contributed by atoms with E-state index in [1.807, 2.05) is 0 Å². The Morgan fingerprint density at radius 2 is 1.84 bits per heavy atom. The molecular formula is C11H22O7Si. The van der Waals surface area contributed by atoms with E-state index in [0.717, 1.165) is 12.8 Å². The quantitative estimate of drug-likeness (QED) is 0.318. The molecule has 1 aliphatic heterocycles. The highest BCUT2D eigenvalue weighted by atomic mass is 28.1. The molecule has 1 saturated heterocycles. The summed E-state index contributed by atoms with van der Waals surface area (Å²) < 4.78 is 5.41. The fourth-order valence-corrected chi connectivity index (χ4v) is 2.97. The first-order valence-electron chi connectivity index (χ1n) is 6.35. The summed E-state index contributed by atoms with van der Waals surface area (Å²) in [6.07, 6.45) is -4.97. The van der Waals surface area contributed by atoms with Crippen LogP contribution < -0.4 is 0 Å². The van der Waals surface area contributed by atoms with E-state index < -0.39 is 42.0 Å². The van der Waals surface area contributed by atoms with Crippen LogP contribution in [0.3, 0.4) is 0 Å². The van der Waals surface area contributed by atoms with Crippen molar-refractivity contribution in [2.75, 3.05) is 13.2 Å². The number of aliphatic hydroxyl groups excluding tert-OH is 5. The Kier molecular flexibility index (Phi) is 6.05. The Labute approximate surface area is 114 Å². The molecule has 0 aromatic heterocycles. The second-order valence-corrected chi connectivity index (χ2v) is 6.69. The number of Topliss-reactive ketones (excluding diaryl/α,β-unsaturated/α-hetero) is 1. The number of ketones is 1. The number of aliphatic hydroxyl groups is 5. The van der Waals surface area contributed by atoms with Crippen molar-refractivity contribution < 1.29 is 35.1 Å². The number of ether oxygens (including phenoxy) is 1. The molecule has 1 rings (SSSR count). The van der Waals surface area contributed by atoms with Gasteiger partial charge in [0.1, 0.15) is 29.6 Å². The molecule has 1 aliphatic rings. The zero-order chi connectivity index (χ0) is 14.6. The normalized spacial score (nSPS) is 30.6. The topological polar surface area (TPSA) is 127 Å². The van der Waals surface area contributed by atoms with Crippen LogP contribution in [-0.4, -0.2) is 84.4 Å². The lowest BCUT2D eigenvalue weighted by molar-refractivity contribution is -0.163. The first-order chi connectivity index (χ1) is 8.83. The second-order valence-electron chi connectivity index (χ2n) is 5.08. The van der Waals surface area contributed by atoms with Crippen LogP contribution >= 0.6 is 0 Å². The standard InChI is InChI=1S/C11H22O7Si/c12-5-6(13)7(14)8(15)9(16)10(17)11(19)3-1-2-4-18-11/h6-9,12-16H,1-5H2,19H3/t6-,7-,8+,9-,11?/m1/s1. The molecule has 112 valence electrons. The van der Waals surface area contributed by atoms with E-state index in [1.165, 1.54) is 0 Å². The number of carbonyl (C=O) groups is 1. The third-order valence-corrected chi connectivity index (χ3v) is 4.79. The molecule has 1 heterocycles. The van der Waals surface area contributed by atoms with Crippen molar-refractivity contribution in [3.05, 3.63) is 0 Å². The summed E-state index contributed by atoms with van der Waals surface area (Å²) >= 11 is 0. The Morgan fingerprint density at radius 1 is 1.21 bits per heavy atom. The van der Waals surface area contributed by atoms with E-state index in [4.69, 9.17) is 9.84 Å². The predicted molar refractivity (Wildman–Crippen MR) is 68.6 cm³/mol. The van der Waals surface area contributed by atoms with Crippen LogP contribution in [-0.2, 0) is 9.53 Å². The summed E-state index contributed by atoms with van der Waals surface area (Å²) in [6, 6.07) is 0. The molecule has 7 nitrogen and oxygen atoms in total. The van der Waals surface area contributed by atoms with Crippen LogP contribution in [0.1, 0.15) is 19.3 Å². The van der Waals surface area contributed by atoms with Gasteiger partial charge in [-0.25, -0.2) is 0 Å². The van der Waals surface area contributed by atoms with Gasteiger partial charge in [0.25, 0.3) is 0 Å². The molecule has 8 heteroatoms. The van der Waals surface area contributed by atoms with Crippen LogP contribution in [0.25, 0.3) is 0 Å². The third-order valence-electron chi connectivity index (χ3n) is 3.51. The monoisotopic (exact) mass is 294 g/mol. The van der Waals surface area contributed by atoms with Crippen molar-refractivity contribution in [1.82, 2.24) is 0 Å². The number of hydrogen-bond donors (Lipinski definition) is 5. The average molecular weight is 294 g/mol. The Balaban J connectivity index is 2.70. The molecule has 0 bridgehead atoms. The molecule has 0 saturated carbocycles. The SMILES string of the molecule is O=C([C@H](O)[C@@H](O)[C@H](O)[C@H](O)CO)C1([SiH3])CCCCO1. The minimum absolute atomic E-state index is 0.364. The van der Waals surface area contributed by atoms with Gasteiger partial charge in [0, 0.05) is 6.61 Å². The first kappa shape index (κ1) is 16.7. The van der Waals surface area contributed by atoms with Crippen LogP contribution in [0.15, 0.2) is 0 Å². The smallest absolute Gasteiger partial charge is 0.191 e. The maximum Gasteiger partial charge on any atom is 0.191 e. The van der Waals surface area contributed by atoms with E-state index in [2.05, 4.69) is 0 Å². The number of carbonyl (C=O) groups excluding carboxylic acids is 1. The molecule has 0 amide bonds. The van der Waals surface area contributed by atoms with Gasteiger partial charge in [0.15, 0.2) is 5.78 Å². The zero-order valence-electron chi connectivity index (χ0n) is 10.9. The molecule has 19 heavy (non-hydrogen) atoms. The maximum atomic E-state index is 12.1. The van der Waals surface area contributed by atoms with Crippen molar-refractivity contribution >= 4 is 16.0 Å². The predicted octanol–water partition coefficient (Wildman–Crippen LogP) is -3.75. The van der Waals surface area contributed by atoms with Crippen molar-refractivity contribution in [3.63, 3.8) is 0 Å². The molecule has 0 spiro atoms. The number of hydrogen-bond acceptors (Lipinski definition) is 7. The number of rotatable bonds is 6. The second kappa shape index (κ2) is 6.89. The van der Waals surface area contributed by atoms with Crippen LogP contribution in [0.5, 0.6) is 0 Å². The van der Waals surface area contributed by atoms with Gasteiger partial charge in [0.2, 0.25) is 0 Å². The summed E-state index contributed by atoms with van der Waals surface area (Å²) in [6.45, 7) is -0.346. The van der Waals surface area contributed by atoms with Crippen LogP contribution in [0.2, 0.25) is 0 Å². The highest BCUT2D eigenvalue weighted by molar-refractivity contribution is 6.28. The van der Waals surface area contributed by atoms with Gasteiger partial charge in [-0.3, -0.25) is 4.79 Å². The van der Waals surface area contributed by atoms with Gasteiger partial charge in [-0.05, 0) is 19.3 Å². The highest BCUT2D eigenvalue weighted by Crippen LogP contribution is 2.25. The molecule has 5 N–H and O–H groups in total.